The summed E-state index contributed by atoms with van der Waals surface area (Å²) in [5.74, 6) is 0. The second kappa shape index (κ2) is 6.08. The maximum Gasteiger partial charge on any atom is 0.244 e. The molecule has 0 bridgehead atoms. The summed E-state index contributed by atoms with van der Waals surface area (Å²) in [6.07, 6.45) is -0.517. The van der Waals surface area contributed by atoms with Crippen LogP contribution >= 0.6 is 11.3 Å². The summed E-state index contributed by atoms with van der Waals surface area (Å²) < 4.78 is 37.2. The fourth-order valence-corrected chi connectivity index (χ4v) is 5.29. The first-order valence-electron chi connectivity index (χ1n) is 6.20. The van der Waals surface area contributed by atoms with E-state index in [4.69, 9.17) is 14.6 Å². The van der Waals surface area contributed by atoms with Gasteiger partial charge in [0, 0.05) is 37.1 Å². The Balaban J connectivity index is 2.29. The van der Waals surface area contributed by atoms with E-state index < -0.39 is 10.0 Å². The molecule has 1 aliphatic heterocycles. The minimum absolute atomic E-state index is 0.150. The zero-order valence-corrected chi connectivity index (χ0v) is 13.3. The number of sulfonamides is 1. The van der Waals surface area contributed by atoms with Gasteiger partial charge in [0.1, 0.15) is 0 Å². The third-order valence-electron chi connectivity index (χ3n) is 3.48. The topological polar surface area (TPSA) is 76.1 Å². The molecule has 114 valence electrons. The summed E-state index contributed by atoms with van der Waals surface area (Å²) in [6, 6.07) is 1.54. The van der Waals surface area contributed by atoms with Gasteiger partial charge >= 0.3 is 0 Å². The van der Waals surface area contributed by atoms with E-state index in [1.807, 2.05) is 0 Å². The molecule has 2 atom stereocenters. The molecule has 1 fully saturated rings. The highest BCUT2D eigenvalue weighted by Gasteiger charge is 2.40. The van der Waals surface area contributed by atoms with Gasteiger partial charge < -0.3 is 14.6 Å². The van der Waals surface area contributed by atoms with Crippen LogP contribution in [0.15, 0.2) is 11.0 Å². The first-order chi connectivity index (χ1) is 9.43. The first kappa shape index (κ1) is 15.9. The van der Waals surface area contributed by atoms with Gasteiger partial charge in [-0.15, -0.1) is 11.3 Å². The van der Waals surface area contributed by atoms with Crippen LogP contribution in [0.3, 0.4) is 0 Å². The quantitative estimate of drug-likeness (QED) is 0.859. The second-order valence-electron chi connectivity index (χ2n) is 4.66. The summed E-state index contributed by atoms with van der Waals surface area (Å²) >= 11 is 1.29. The Morgan fingerprint density at radius 2 is 1.90 bits per heavy atom. The Hall–Kier alpha value is -0.510. The number of ether oxygens (including phenoxy) is 2. The fourth-order valence-electron chi connectivity index (χ4n) is 2.36. The molecular formula is C12H19NO5S2. The molecule has 2 unspecified atom stereocenters. The molecule has 0 aromatic carbocycles. The van der Waals surface area contributed by atoms with Crippen molar-refractivity contribution >= 4 is 21.4 Å². The van der Waals surface area contributed by atoms with Crippen LogP contribution in [0.4, 0.5) is 0 Å². The molecule has 0 amide bonds. The molecule has 6 nitrogen and oxygen atoms in total. The third-order valence-corrected chi connectivity index (χ3v) is 6.61. The van der Waals surface area contributed by atoms with E-state index in [1.54, 1.807) is 21.1 Å². The van der Waals surface area contributed by atoms with Crippen molar-refractivity contribution in [3.05, 3.63) is 15.8 Å². The number of aryl methyl sites for hydroxylation is 1. The molecule has 1 aromatic heterocycles. The Kier molecular flexibility index (Phi) is 4.83. The van der Waals surface area contributed by atoms with Crippen molar-refractivity contribution in [3.8, 4) is 0 Å². The summed E-state index contributed by atoms with van der Waals surface area (Å²) in [5.41, 5.74) is 0. The third kappa shape index (κ3) is 2.76. The van der Waals surface area contributed by atoms with Gasteiger partial charge in [0.2, 0.25) is 10.0 Å². The van der Waals surface area contributed by atoms with Crippen molar-refractivity contribution in [1.82, 2.24) is 4.31 Å². The Morgan fingerprint density at radius 3 is 2.30 bits per heavy atom. The van der Waals surface area contributed by atoms with Crippen molar-refractivity contribution in [3.63, 3.8) is 0 Å². The molecule has 1 aromatic rings. The summed E-state index contributed by atoms with van der Waals surface area (Å²) in [5, 5.41) is 9.13. The number of methoxy groups -OCH3 is 2. The van der Waals surface area contributed by atoms with Gasteiger partial charge in [-0.25, -0.2) is 8.42 Å². The van der Waals surface area contributed by atoms with Crippen molar-refractivity contribution in [1.29, 1.82) is 0 Å². The van der Waals surface area contributed by atoms with Gasteiger partial charge in [-0.2, -0.15) is 4.31 Å². The molecule has 1 N–H and O–H groups in total. The van der Waals surface area contributed by atoms with Gasteiger partial charge in [-0.05, 0) is 13.0 Å². The van der Waals surface area contributed by atoms with Crippen LogP contribution in [0.1, 0.15) is 9.75 Å². The monoisotopic (exact) mass is 321 g/mol. The van der Waals surface area contributed by atoms with Crippen LogP contribution in [0.25, 0.3) is 0 Å². The van der Waals surface area contributed by atoms with Gasteiger partial charge in [-0.1, -0.05) is 0 Å². The number of hydrogen-bond acceptors (Lipinski definition) is 6. The van der Waals surface area contributed by atoms with Crippen LogP contribution < -0.4 is 0 Å². The Labute approximate surface area is 123 Å². The summed E-state index contributed by atoms with van der Waals surface area (Å²) in [4.78, 5) is 1.59. The highest BCUT2D eigenvalue weighted by molar-refractivity contribution is 7.89. The smallest absolute Gasteiger partial charge is 0.244 e. The number of aliphatic hydroxyl groups is 1. The number of aliphatic hydroxyl groups excluding tert-OH is 1. The van der Waals surface area contributed by atoms with Crippen LogP contribution in [-0.4, -0.2) is 57.3 Å². The minimum atomic E-state index is -3.57. The van der Waals surface area contributed by atoms with E-state index in [9.17, 15) is 8.42 Å². The SMILES string of the molecule is COC1CN(S(=O)(=O)c2cc(CO)sc2C)CC1OC. The molecule has 0 aliphatic carbocycles. The molecule has 2 heterocycles. The molecular weight excluding hydrogens is 302 g/mol. The molecule has 1 aliphatic rings. The van der Waals surface area contributed by atoms with Crippen molar-refractivity contribution in [2.45, 2.75) is 30.6 Å². The zero-order chi connectivity index (χ0) is 14.9. The molecule has 8 heteroatoms. The highest BCUT2D eigenvalue weighted by Crippen LogP contribution is 2.30. The van der Waals surface area contributed by atoms with Crippen LogP contribution in [-0.2, 0) is 26.1 Å². The Bertz CT molecular complexity index is 556. The zero-order valence-electron chi connectivity index (χ0n) is 11.7. The van der Waals surface area contributed by atoms with Crippen LogP contribution in [0.5, 0.6) is 0 Å². The van der Waals surface area contributed by atoms with E-state index in [1.165, 1.54) is 21.7 Å². The molecule has 0 radical (unpaired) electrons. The van der Waals surface area contributed by atoms with Crippen molar-refractivity contribution < 1.29 is 23.0 Å². The standard InChI is InChI=1S/C12H19NO5S2/c1-8-12(4-9(7-14)19-8)20(15,16)13-5-10(17-2)11(6-13)18-3/h4,10-11,14H,5-7H2,1-3H3. The summed E-state index contributed by atoms with van der Waals surface area (Å²) in [6.45, 7) is 2.15. The van der Waals surface area contributed by atoms with Crippen LogP contribution in [0.2, 0.25) is 0 Å². The van der Waals surface area contributed by atoms with Crippen molar-refractivity contribution in [2.24, 2.45) is 0 Å². The van der Waals surface area contributed by atoms with E-state index in [2.05, 4.69) is 0 Å². The first-order valence-corrected chi connectivity index (χ1v) is 8.45. The lowest BCUT2D eigenvalue weighted by atomic mass is 10.3. The predicted octanol–water partition coefficient (Wildman–Crippen LogP) is 0.583. The van der Waals surface area contributed by atoms with E-state index in [-0.39, 0.29) is 36.8 Å². The lowest BCUT2D eigenvalue weighted by Crippen LogP contribution is -2.30. The molecule has 2 rings (SSSR count). The van der Waals surface area contributed by atoms with E-state index in [0.717, 1.165) is 0 Å². The molecule has 20 heavy (non-hydrogen) atoms. The maximum atomic E-state index is 12.6. The lowest BCUT2D eigenvalue weighted by molar-refractivity contribution is -0.00461. The van der Waals surface area contributed by atoms with Crippen molar-refractivity contribution in [2.75, 3.05) is 27.3 Å². The number of rotatable bonds is 5. The number of hydrogen-bond donors (Lipinski definition) is 1. The van der Waals surface area contributed by atoms with E-state index >= 15 is 0 Å². The minimum Gasteiger partial charge on any atom is -0.391 e. The largest absolute Gasteiger partial charge is 0.391 e. The van der Waals surface area contributed by atoms with E-state index in [0.29, 0.717) is 9.75 Å². The lowest BCUT2D eigenvalue weighted by Gasteiger charge is -2.15. The fraction of sp³-hybridized carbons (Fsp3) is 0.667. The summed E-state index contributed by atoms with van der Waals surface area (Å²) in [7, 11) is -0.476. The molecule has 0 saturated carbocycles. The average molecular weight is 321 g/mol. The average Bonchev–Trinajstić information content (AvgIpc) is 3.01. The molecule has 0 spiro atoms. The second-order valence-corrected chi connectivity index (χ2v) is 7.91. The van der Waals surface area contributed by atoms with Gasteiger partial charge in [0.15, 0.2) is 0 Å². The van der Waals surface area contributed by atoms with Gasteiger partial charge in [0.05, 0.1) is 23.7 Å². The Morgan fingerprint density at radius 1 is 1.35 bits per heavy atom. The number of nitrogens with zero attached hydrogens (tertiary/aromatic N) is 1. The highest BCUT2D eigenvalue weighted by atomic mass is 32.2. The van der Waals surface area contributed by atoms with Gasteiger partial charge in [0.25, 0.3) is 0 Å². The number of thiophene rings is 1. The predicted molar refractivity (Wildman–Crippen MR) is 75.3 cm³/mol. The maximum absolute atomic E-state index is 12.6. The normalized spacial score (nSPS) is 24.4. The van der Waals surface area contributed by atoms with Crippen LogP contribution in [0, 0.1) is 6.92 Å². The van der Waals surface area contributed by atoms with Gasteiger partial charge in [-0.3, -0.25) is 0 Å². The molecule has 1 saturated heterocycles.